The predicted octanol–water partition coefficient (Wildman–Crippen LogP) is 0.165. The van der Waals surface area contributed by atoms with Gasteiger partial charge in [0.15, 0.2) is 0 Å². The van der Waals surface area contributed by atoms with E-state index in [9.17, 15) is 4.79 Å². The minimum Gasteiger partial charge on any atom is -0.349 e. The van der Waals surface area contributed by atoms with Crippen LogP contribution in [-0.4, -0.2) is 48.5 Å². The maximum Gasteiger partial charge on any atom is 0.234 e. The molecular formula is C14H22N4O. The van der Waals surface area contributed by atoms with Crippen LogP contribution in [0.5, 0.6) is 0 Å². The second kappa shape index (κ2) is 7.21. The quantitative estimate of drug-likeness (QED) is 0.794. The number of carbonyl (C=O) groups excluding carboxylic acids is 1. The van der Waals surface area contributed by atoms with Crippen LogP contribution in [0.25, 0.3) is 0 Å². The van der Waals surface area contributed by atoms with Crippen molar-refractivity contribution in [3.05, 3.63) is 29.6 Å². The van der Waals surface area contributed by atoms with Crippen LogP contribution in [0.15, 0.2) is 18.3 Å². The largest absolute Gasteiger partial charge is 0.349 e. The van der Waals surface area contributed by atoms with E-state index >= 15 is 0 Å². The average molecular weight is 262 g/mol. The molecule has 2 N–H and O–H groups in total. The van der Waals surface area contributed by atoms with Crippen LogP contribution in [0, 0.1) is 0 Å². The third-order valence-corrected chi connectivity index (χ3v) is 3.40. The lowest BCUT2D eigenvalue weighted by atomic mass is 10.1. The van der Waals surface area contributed by atoms with Gasteiger partial charge in [-0.1, -0.05) is 13.0 Å². The molecule has 1 aliphatic heterocycles. The highest BCUT2D eigenvalue weighted by molar-refractivity contribution is 5.78. The molecule has 19 heavy (non-hydrogen) atoms. The van der Waals surface area contributed by atoms with Gasteiger partial charge in [-0.15, -0.1) is 0 Å². The molecule has 1 aromatic heterocycles. The van der Waals surface area contributed by atoms with E-state index in [4.69, 9.17) is 0 Å². The summed E-state index contributed by atoms with van der Waals surface area (Å²) in [5.74, 6) is 0.0783. The lowest BCUT2D eigenvalue weighted by Crippen LogP contribution is -2.47. The summed E-state index contributed by atoms with van der Waals surface area (Å²) < 4.78 is 0. The second-order valence-electron chi connectivity index (χ2n) is 4.77. The standard InChI is InChI=1S/C14H22N4O/c1-2-12-4-3-5-16-13(12)10-17-14(19)11-18-8-6-15-7-9-18/h3-5,15H,2,6-11H2,1H3,(H,17,19). The Hall–Kier alpha value is -1.46. The van der Waals surface area contributed by atoms with Gasteiger partial charge in [0.2, 0.25) is 5.91 Å². The van der Waals surface area contributed by atoms with Gasteiger partial charge >= 0.3 is 0 Å². The highest BCUT2D eigenvalue weighted by Crippen LogP contribution is 2.05. The molecular weight excluding hydrogens is 240 g/mol. The molecule has 2 rings (SSSR count). The first-order valence-electron chi connectivity index (χ1n) is 6.92. The van der Waals surface area contributed by atoms with Crippen molar-refractivity contribution in [3.63, 3.8) is 0 Å². The number of nitrogens with one attached hydrogen (secondary N) is 2. The fourth-order valence-corrected chi connectivity index (χ4v) is 2.26. The molecule has 1 aliphatic rings. The molecule has 0 spiro atoms. The van der Waals surface area contributed by atoms with E-state index < -0.39 is 0 Å². The summed E-state index contributed by atoms with van der Waals surface area (Å²) in [6, 6.07) is 4.00. The molecule has 0 aliphatic carbocycles. The van der Waals surface area contributed by atoms with Gasteiger partial charge in [-0.25, -0.2) is 0 Å². The van der Waals surface area contributed by atoms with Gasteiger partial charge in [-0.2, -0.15) is 0 Å². The number of aryl methyl sites for hydroxylation is 1. The highest BCUT2D eigenvalue weighted by atomic mass is 16.2. The first kappa shape index (κ1) is 14.0. The first-order valence-corrected chi connectivity index (χ1v) is 6.92. The predicted molar refractivity (Wildman–Crippen MR) is 74.8 cm³/mol. The molecule has 104 valence electrons. The summed E-state index contributed by atoms with van der Waals surface area (Å²) in [5.41, 5.74) is 2.17. The van der Waals surface area contributed by atoms with Crippen molar-refractivity contribution in [1.29, 1.82) is 0 Å². The molecule has 5 nitrogen and oxygen atoms in total. The van der Waals surface area contributed by atoms with Crippen LogP contribution in [0.1, 0.15) is 18.2 Å². The average Bonchev–Trinajstić information content (AvgIpc) is 2.46. The summed E-state index contributed by atoms with van der Waals surface area (Å²) in [7, 11) is 0. The maximum absolute atomic E-state index is 11.9. The number of amides is 1. The van der Waals surface area contributed by atoms with Crippen LogP contribution in [0.3, 0.4) is 0 Å². The molecule has 0 radical (unpaired) electrons. The van der Waals surface area contributed by atoms with Gasteiger partial charge in [0.1, 0.15) is 0 Å². The Balaban J connectivity index is 1.79. The lowest BCUT2D eigenvalue weighted by Gasteiger charge is -2.26. The summed E-state index contributed by atoms with van der Waals surface area (Å²) in [6.45, 7) is 6.92. The smallest absolute Gasteiger partial charge is 0.234 e. The number of carbonyl (C=O) groups is 1. The van der Waals surface area contributed by atoms with Crippen molar-refractivity contribution in [2.45, 2.75) is 19.9 Å². The molecule has 5 heteroatoms. The minimum absolute atomic E-state index is 0.0783. The van der Waals surface area contributed by atoms with Gasteiger partial charge in [-0.3, -0.25) is 14.7 Å². The maximum atomic E-state index is 11.9. The molecule has 1 saturated heterocycles. The monoisotopic (exact) mass is 262 g/mol. The molecule has 1 fully saturated rings. The Bertz CT molecular complexity index is 416. The van der Waals surface area contributed by atoms with E-state index in [0.717, 1.165) is 38.3 Å². The van der Waals surface area contributed by atoms with Crippen molar-refractivity contribution in [2.24, 2.45) is 0 Å². The normalized spacial score (nSPS) is 16.3. The molecule has 0 aromatic carbocycles. The SMILES string of the molecule is CCc1cccnc1CNC(=O)CN1CCNCC1. The van der Waals surface area contributed by atoms with Crippen LogP contribution in [0.2, 0.25) is 0 Å². The lowest BCUT2D eigenvalue weighted by molar-refractivity contribution is -0.122. The molecule has 0 unspecified atom stereocenters. The molecule has 0 saturated carbocycles. The van der Waals surface area contributed by atoms with Gasteiger partial charge in [-0.05, 0) is 18.1 Å². The van der Waals surface area contributed by atoms with Gasteiger partial charge in [0, 0.05) is 32.4 Å². The van der Waals surface area contributed by atoms with E-state index in [-0.39, 0.29) is 5.91 Å². The van der Waals surface area contributed by atoms with Gasteiger partial charge in [0.05, 0.1) is 18.8 Å². The molecule has 1 amide bonds. The van der Waals surface area contributed by atoms with Crippen molar-refractivity contribution in [2.75, 3.05) is 32.7 Å². The third kappa shape index (κ3) is 4.29. The molecule has 1 aromatic rings. The number of pyridine rings is 1. The molecule has 0 atom stereocenters. The van der Waals surface area contributed by atoms with Crippen molar-refractivity contribution in [1.82, 2.24) is 20.5 Å². The zero-order chi connectivity index (χ0) is 13.5. The Labute approximate surface area is 114 Å². The van der Waals surface area contributed by atoms with Crippen LogP contribution in [0.4, 0.5) is 0 Å². The Morgan fingerprint density at radius 3 is 3.00 bits per heavy atom. The first-order chi connectivity index (χ1) is 9.29. The fourth-order valence-electron chi connectivity index (χ4n) is 2.26. The summed E-state index contributed by atoms with van der Waals surface area (Å²) in [6.07, 6.45) is 2.72. The number of rotatable bonds is 5. The zero-order valence-electron chi connectivity index (χ0n) is 11.5. The van der Waals surface area contributed by atoms with Crippen molar-refractivity contribution < 1.29 is 4.79 Å². The van der Waals surface area contributed by atoms with Crippen LogP contribution in [-0.2, 0) is 17.8 Å². The topological polar surface area (TPSA) is 57.3 Å². The number of piperazine rings is 1. The molecule has 0 bridgehead atoms. The summed E-state index contributed by atoms with van der Waals surface area (Å²) in [4.78, 5) is 18.4. The number of hydrogen-bond acceptors (Lipinski definition) is 4. The second-order valence-corrected chi connectivity index (χ2v) is 4.77. The summed E-state index contributed by atoms with van der Waals surface area (Å²) >= 11 is 0. The van der Waals surface area contributed by atoms with Crippen molar-refractivity contribution >= 4 is 5.91 Å². The minimum atomic E-state index is 0.0783. The highest BCUT2D eigenvalue weighted by Gasteiger charge is 2.13. The van der Waals surface area contributed by atoms with E-state index in [1.165, 1.54) is 5.56 Å². The van der Waals surface area contributed by atoms with E-state index in [0.29, 0.717) is 13.1 Å². The fraction of sp³-hybridized carbons (Fsp3) is 0.571. The van der Waals surface area contributed by atoms with E-state index in [1.807, 2.05) is 6.07 Å². The zero-order valence-corrected chi connectivity index (χ0v) is 11.5. The summed E-state index contributed by atoms with van der Waals surface area (Å²) in [5, 5.41) is 6.23. The van der Waals surface area contributed by atoms with Gasteiger partial charge in [0.25, 0.3) is 0 Å². The number of nitrogens with zero attached hydrogens (tertiary/aromatic N) is 2. The Kier molecular flexibility index (Phi) is 5.30. The van der Waals surface area contributed by atoms with Gasteiger partial charge < -0.3 is 10.6 Å². The van der Waals surface area contributed by atoms with E-state index in [2.05, 4.69) is 33.5 Å². The van der Waals surface area contributed by atoms with Crippen LogP contribution >= 0.6 is 0 Å². The molecule has 2 heterocycles. The number of hydrogen-bond donors (Lipinski definition) is 2. The van der Waals surface area contributed by atoms with Crippen LogP contribution < -0.4 is 10.6 Å². The number of aromatic nitrogens is 1. The third-order valence-electron chi connectivity index (χ3n) is 3.40. The Morgan fingerprint density at radius 1 is 1.47 bits per heavy atom. The van der Waals surface area contributed by atoms with Crippen molar-refractivity contribution in [3.8, 4) is 0 Å². The Morgan fingerprint density at radius 2 is 2.26 bits per heavy atom. The van der Waals surface area contributed by atoms with E-state index in [1.54, 1.807) is 6.20 Å².